The van der Waals surface area contributed by atoms with E-state index in [9.17, 15) is 9.90 Å². The Morgan fingerprint density at radius 2 is 1.94 bits per heavy atom. The van der Waals surface area contributed by atoms with E-state index in [4.69, 9.17) is 4.74 Å². The Balaban J connectivity index is 1.34. The summed E-state index contributed by atoms with van der Waals surface area (Å²) < 4.78 is 7.91. The molecular formula is C27H28N2O3S. The lowest BCUT2D eigenvalue weighted by atomic mass is 9.89. The first-order valence-corrected chi connectivity index (χ1v) is 12.2. The number of methoxy groups -OCH3 is 1. The van der Waals surface area contributed by atoms with Crippen LogP contribution in [0.2, 0.25) is 0 Å². The average molecular weight is 461 g/mol. The molecule has 3 heterocycles. The van der Waals surface area contributed by atoms with Crippen molar-refractivity contribution in [3.63, 3.8) is 0 Å². The van der Waals surface area contributed by atoms with Crippen molar-refractivity contribution in [1.29, 1.82) is 0 Å². The summed E-state index contributed by atoms with van der Waals surface area (Å²) in [5.74, 6) is 0.532. The van der Waals surface area contributed by atoms with Crippen LogP contribution in [0.3, 0.4) is 0 Å². The highest BCUT2D eigenvalue weighted by atomic mass is 32.1. The van der Waals surface area contributed by atoms with Gasteiger partial charge in [0.05, 0.1) is 19.2 Å². The van der Waals surface area contributed by atoms with Crippen LogP contribution in [0.4, 0.5) is 0 Å². The number of benzene rings is 2. The Labute approximate surface area is 197 Å². The molecule has 170 valence electrons. The zero-order valence-corrected chi connectivity index (χ0v) is 19.6. The van der Waals surface area contributed by atoms with Gasteiger partial charge in [-0.05, 0) is 84.8 Å². The summed E-state index contributed by atoms with van der Waals surface area (Å²) in [5.41, 5.74) is 4.08. The number of thiophene rings is 1. The summed E-state index contributed by atoms with van der Waals surface area (Å²) in [6.07, 6.45) is 4.53. The molecule has 0 atom stereocenters. The number of aromatic carboxylic acids is 1. The number of likely N-dealkylation sites (tertiary alicyclic amines) is 1. The standard InChI is InChI=1S/C27H28N2O3S/c1-32-22-7-8-26-24(15-22)25(18-29(26)17-23-6-3-13-33-23)20-9-11-28(12-10-20)16-19-4-2-5-21(14-19)27(30)31/h2-8,13-15,18,20H,9-12,16-17H2,1H3,(H,30,31). The van der Waals surface area contributed by atoms with Crippen LogP contribution >= 0.6 is 11.3 Å². The summed E-state index contributed by atoms with van der Waals surface area (Å²) >= 11 is 1.79. The third-order valence-electron chi connectivity index (χ3n) is 6.63. The largest absolute Gasteiger partial charge is 0.497 e. The average Bonchev–Trinajstić information content (AvgIpc) is 3.48. The summed E-state index contributed by atoms with van der Waals surface area (Å²) in [5, 5.41) is 12.7. The van der Waals surface area contributed by atoms with Crippen LogP contribution in [-0.2, 0) is 13.1 Å². The number of hydrogen-bond donors (Lipinski definition) is 1. The van der Waals surface area contributed by atoms with Gasteiger partial charge in [0, 0.05) is 28.5 Å². The summed E-state index contributed by atoms with van der Waals surface area (Å²) in [6.45, 7) is 3.69. The molecule has 0 unspecified atom stereocenters. The van der Waals surface area contributed by atoms with Gasteiger partial charge in [0.15, 0.2) is 0 Å². The van der Waals surface area contributed by atoms with Gasteiger partial charge >= 0.3 is 5.97 Å². The fraction of sp³-hybridized carbons (Fsp3) is 0.296. The maximum absolute atomic E-state index is 11.3. The molecule has 4 aromatic rings. The molecule has 1 saturated heterocycles. The molecule has 0 aliphatic carbocycles. The van der Waals surface area contributed by atoms with Crippen molar-refractivity contribution in [2.45, 2.75) is 31.8 Å². The van der Waals surface area contributed by atoms with E-state index in [0.717, 1.165) is 50.3 Å². The second-order valence-electron chi connectivity index (χ2n) is 8.73. The molecule has 33 heavy (non-hydrogen) atoms. The lowest BCUT2D eigenvalue weighted by Gasteiger charge is -2.32. The summed E-state index contributed by atoms with van der Waals surface area (Å²) in [7, 11) is 1.72. The van der Waals surface area contributed by atoms with Gasteiger partial charge in [-0.2, -0.15) is 0 Å². The first-order valence-electron chi connectivity index (χ1n) is 11.3. The maximum atomic E-state index is 11.3. The second kappa shape index (κ2) is 9.41. The first-order chi connectivity index (χ1) is 16.1. The highest BCUT2D eigenvalue weighted by Gasteiger charge is 2.24. The van der Waals surface area contributed by atoms with E-state index in [1.807, 2.05) is 18.2 Å². The molecule has 6 heteroatoms. The van der Waals surface area contributed by atoms with Crippen LogP contribution in [0.1, 0.15) is 45.1 Å². The lowest BCUT2D eigenvalue weighted by molar-refractivity contribution is 0.0696. The molecule has 5 nitrogen and oxygen atoms in total. The number of fused-ring (bicyclic) bond motifs is 1. The number of piperidine rings is 1. The number of aromatic nitrogens is 1. The highest BCUT2D eigenvalue weighted by molar-refractivity contribution is 7.09. The van der Waals surface area contributed by atoms with Crippen molar-refractivity contribution < 1.29 is 14.6 Å². The van der Waals surface area contributed by atoms with Gasteiger partial charge in [0.1, 0.15) is 5.75 Å². The number of carboxylic acids is 1. The van der Waals surface area contributed by atoms with Crippen molar-refractivity contribution in [2.24, 2.45) is 0 Å². The Morgan fingerprint density at radius 1 is 1.09 bits per heavy atom. The lowest BCUT2D eigenvalue weighted by Crippen LogP contribution is -2.32. The zero-order chi connectivity index (χ0) is 22.8. The number of carbonyl (C=O) groups is 1. The van der Waals surface area contributed by atoms with Gasteiger partial charge in [-0.1, -0.05) is 18.2 Å². The molecule has 1 fully saturated rings. The first kappa shape index (κ1) is 21.7. The fourth-order valence-corrected chi connectivity index (χ4v) is 5.62. The topological polar surface area (TPSA) is 54.7 Å². The molecular weight excluding hydrogens is 432 g/mol. The highest BCUT2D eigenvalue weighted by Crippen LogP contribution is 2.37. The van der Waals surface area contributed by atoms with Gasteiger partial charge < -0.3 is 14.4 Å². The molecule has 1 aliphatic rings. The monoisotopic (exact) mass is 460 g/mol. The third kappa shape index (κ3) is 4.68. The van der Waals surface area contributed by atoms with Crippen LogP contribution in [-0.4, -0.2) is 40.7 Å². The van der Waals surface area contributed by atoms with Crippen LogP contribution in [0.25, 0.3) is 10.9 Å². The van der Waals surface area contributed by atoms with Gasteiger partial charge in [-0.25, -0.2) is 4.79 Å². The van der Waals surface area contributed by atoms with E-state index in [1.165, 1.54) is 21.3 Å². The number of hydrogen-bond acceptors (Lipinski definition) is 4. The molecule has 2 aromatic heterocycles. The van der Waals surface area contributed by atoms with Crippen molar-refractivity contribution in [2.75, 3.05) is 20.2 Å². The van der Waals surface area contributed by atoms with E-state index in [-0.39, 0.29) is 0 Å². The molecule has 0 bridgehead atoms. The third-order valence-corrected chi connectivity index (χ3v) is 7.49. The quantitative estimate of drug-likeness (QED) is 0.377. The Kier molecular flexibility index (Phi) is 6.20. The molecule has 0 spiro atoms. The van der Waals surface area contributed by atoms with Crippen molar-refractivity contribution in [3.8, 4) is 5.75 Å². The maximum Gasteiger partial charge on any atom is 0.335 e. The Hall–Kier alpha value is -3.09. The number of carboxylic acid groups (broad SMARTS) is 1. The Bertz CT molecular complexity index is 1250. The minimum Gasteiger partial charge on any atom is -0.497 e. The predicted molar refractivity (Wildman–Crippen MR) is 133 cm³/mol. The minimum absolute atomic E-state index is 0.356. The van der Waals surface area contributed by atoms with Crippen LogP contribution in [0, 0.1) is 0 Å². The Morgan fingerprint density at radius 3 is 2.67 bits per heavy atom. The second-order valence-corrected chi connectivity index (χ2v) is 9.76. The zero-order valence-electron chi connectivity index (χ0n) is 18.7. The molecule has 0 saturated carbocycles. The predicted octanol–water partition coefficient (Wildman–Crippen LogP) is 5.84. The normalized spacial score (nSPS) is 15.2. The van der Waals surface area contributed by atoms with Crippen LogP contribution in [0.15, 0.2) is 66.2 Å². The number of ether oxygens (including phenoxy) is 1. The van der Waals surface area contributed by atoms with E-state index in [2.05, 4.69) is 45.3 Å². The van der Waals surface area contributed by atoms with E-state index in [0.29, 0.717) is 11.5 Å². The van der Waals surface area contributed by atoms with Gasteiger partial charge in [-0.3, -0.25) is 4.90 Å². The molecule has 5 rings (SSSR count). The van der Waals surface area contributed by atoms with Crippen LogP contribution in [0.5, 0.6) is 5.75 Å². The molecule has 1 aliphatic heterocycles. The summed E-state index contributed by atoms with van der Waals surface area (Å²) in [6, 6.07) is 18.0. The molecule has 0 amide bonds. The van der Waals surface area contributed by atoms with E-state index in [1.54, 1.807) is 30.6 Å². The van der Waals surface area contributed by atoms with Crippen molar-refractivity contribution in [3.05, 3.63) is 87.7 Å². The van der Waals surface area contributed by atoms with Gasteiger partial charge in [0.25, 0.3) is 0 Å². The fourth-order valence-electron chi connectivity index (χ4n) is 4.92. The SMILES string of the molecule is COc1ccc2c(c1)c(C1CCN(Cc3cccc(C(=O)O)c3)CC1)cn2Cc1cccs1. The van der Waals surface area contributed by atoms with Gasteiger partial charge in [0.2, 0.25) is 0 Å². The number of nitrogens with zero attached hydrogens (tertiary/aromatic N) is 2. The molecule has 0 radical (unpaired) electrons. The summed E-state index contributed by atoms with van der Waals surface area (Å²) in [4.78, 5) is 15.1. The van der Waals surface area contributed by atoms with Crippen molar-refractivity contribution in [1.82, 2.24) is 9.47 Å². The van der Waals surface area contributed by atoms with E-state index < -0.39 is 5.97 Å². The van der Waals surface area contributed by atoms with Crippen LogP contribution < -0.4 is 4.74 Å². The smallest absolute Gasteiger partial charge is 0.335 e. The minimum atomic E-state index is -0.870. The molecule has 2 aromatic carbocycles. The van der Waals surface area contributed by atoms with E-state index >= 15 is 0 Å². The molecule has 1 N–H and O–H groups in total. The van der Waals surface area contributed by atoms with Gasteiger partial charge in [-0.15, -0.1) is 11.3 Å². The number of rotatable bonds is 7. The van der Waals surface area contributed by atoms with Crippen molar-refractivity contribution >= 4 is 28.2 Å².